The molecule has 1 aliphatic carbocycles. The zero-order valence-electron chi connectivity index (χ0n) is 10.8. The summed E-state index contributed by atoms with van der Waals surface area (Å²) in [7, 11) is 0. The molecule has 0 bridgehead atoms. The Labute approximate surface area is 111 Å². The highest BCUT2D eigenvalue weighted by Crippen LogP contribution is 2.39. The number of aryl methyl sites for hydroxylation is 1. The summed E-state index contributed by atoms with van der Waals surface area (Å²) in [5, 5.41) is 2.86. The monoisotopic (exact) mass is 253 g/mol. The topological polar surface area (TPSA) is 46.9 Å². The van der Waals surface area contributed by atoms with Crippen molar-refractivity contribution in [3.05, 3.63) is 47.0 Å². The van der Waals surface area contributed by atoms with Crippen molar-refractivity contribution in [2.75, 3.05) is 0 Å². The van der Waals surface area contributed by atoms with E-state index in [1.54, 1.807) is 0 Å². The van der Waals surface area contributed by atoms with Crippen LogP contribution in [0.4, 0.5) is 0 Å². The van der Waals surface area contributed by atoms with Crippen LogP contribution in [0.3, 0.4) is 0 Å². The van der Waals surface area contributed by atoms with E-state index in [-0.39, 0.29) is 5.91 Å². The molecule has 2 aliphatic rings. The van der Waals surface area contributed by atoms with E-state index < -0.39 is 0 Å². The van der Waals surface area contributed by atoms with Crippen molar-refractivity contribution >= 4 is 5.91 Å². The van der Waals surface area contributed by atoms with Gasteiger partial charge in [0.2, 0.25) is 0 Å². The number of hydrogen-bond acceptors (Lipinski definition) is 2. The molecule has 4 rings (SSSR count). The standard InChI is InChI=1S/C15H15N3O/c1-9-4-11-6-16-15(19)12(11)5-14(9)18-7-13(17-8-18)10-2-3-10/h4-5,7-8,10H,2-3,6H2,1H3,(H,16,19). The number of nitrogens with zero attached hydrogens (tertiary/aromatic N) is 2. The van der Waals surface area contributed by atoms with E-state index in [0.717, 1.165) is 16.8 Å². The van der Waals surface area contributed by atoms with Gasteiger partial charge in [0.1, 0.15) is 0 Å². The summed E-state index contributed by atoms with van der Waals surface area (Å²) in [6.45, 7) is 2.72. The molecule has 1 aliphatic heterocycles. The summed E-state index contributed by atoms with van der Waals surface area (Å²) in [5.74, 6) is 0.679. The molecular weight excluding hydrogens is 238 g/mol. The van der Waals surface area contributed by atoms with Gasteiger partial charge in [0, 0.05) is 24.2 Å². The number of benzene rings is 1. The zero-order valence-corrected chi connectivity index (χ0v) is 10.8. The quantitative estimate of drug-likeness (QED) is 0.892. The minimum atomic E-state index is 0.0266. The molecule has 4 nitrogen and oxygen atoms in total. The van der Waals surface area contributed by atoms with Gasteiger partial charge in [0.25, 0.3) is 5.91 Å². The van der Waals surface area contributed by atoms with Gasteiger partial charge < -0.3 is 9.88 Å². The van der Waals surface area contributed by atoms with Gasteiger partial charge in [0.05, 0.1) is 17.7 Å². The van der Waals surface area contributed by atoms with Crippen LogP contribution < -0.4 is 5.32 Å². The number of aromatic nitrogens is 2. The Hall–Kier alpha value is -2.10. The minimum Gasteiger partial charge on any atom is -0.348 e. The van der Waals surface area contributed by atoms with Crippen molar-refractivity contribution in [3.8, 4) is 5.69 Å². The summed E-state index contributed by atoms with van der Waals surface area (Å²) in [4.78, 5) is 16.2. The van der Waals surface area contributed by atoms with E-state index in [1.165, 1.54) is 24.1 Å². The number of nitrogens with one attached hydrogen (secondary N) is 1. The molecule has 1 fully saturated rings. The SMILES string of the molecule is Cc1cc2c(cc1-n1cnc(C3CC3)c1)C(=O)NC2. The van der Waals surface area contributed by atoms with Gasteiger partial charge in [0.15, 0.2) is 0 Å². The molecule has 1 aromatic heterocycles. The fraction of sp³-hybridized carbons (Fsp3) is 0.333. The van der Waals surface area contributed by atoms with Crippen LogP contribution in [0.2, 0.25) is 0 Å². The van der Waals surface area contributed by atoms with E-state index in [0.29, 0.717) is 12.5 Å². The second-order valence-corrected chi connectivity index (χ2v) is 5.46. The van der Waals surface area contributed by atoms with Crippen LogP contribution in [0.5, 0.6) is 0 Å². The smallest absolute Gasteiger partial charge is 0.251 e. The molecule has 0 radical (unpaired) electrons. The lowest BCUT2D eigenvalue weighted by Crippen LogP contribution is -2.12. The average Bonchev–Trinajstić information content (AvgIpc) is 3.04. The maximum atomic E-state index is 11.7. The van der Waals surface area contributed by atoms with E-state index in [4.69, 9.17) is 0 Å². The lowest BCUT2D eigenvalue weighted by Gasteiger charge is -2.08. The molecule has 1 amide bonds. The highest BCUT2D eigenvalue weighted by atomic mass is 16.1. The first-order valence-electron chi connectivity index (χ1n) is 6.68. The maximum Gasteiger partial charge on any atom is 0.251 e. The van der Waals surface area contributed by atoms with E-state index in [1.807, 2.05) is 17.0 Å². The van der Waals surface area contributed by atoms with Gasteiger partial charge in [-0.25, -0.2) is 4.98 Å². The minimum absolute atomic E-state index is 0.0266. The first-order valence-corrected chi connectivity index (χ1v) is 6.68. The van der Waals surface area contributed by atoms with Crippen molar-refractivity contribution in [1.82, 2.24) is 14.9 Å². The highest BCUT2D eigenvalue weighted by Gasteiger charge is 2.26. The molecule has 0 unspecified atom stereocenters. The molecule has 0 atom stereocenters. The van der Waals surface area contributed by atoms with Crippen LogP contribution in [0.15, 0.2) is 24.7 Å². The van der Waals surface area contributed by atoms with Gasteiger partial charge in [-0.2, -0.15) is 0 Å². The van der Waals surface area contributed by atoms with Gasteiger partial charge in [-0.3, -0.25) is 4.79 Å². The average molecular weight is 253 g/mol. The summed E-state index contributed by atoms with van der Waals surface area (Å²) in [5.41, 5.74) is 5.28. The molecule has 1 saturated carbocycles. The number of hydrogen-bond donors (Lipinski definition) is 1. The first-order chi connectivity index (χ1) is 9.22. The third-order valence-electron chi connectivity index (χ3n) is 3.98. The Morgan fingerprint density at radius 3 is 3.00 bits per heavy atom. The fourth-order valence-electron chi connectivity index (χ4n) is 2.72. The van der Waals surface area contributed by atoms with E-state index >= 15 is 0 Å². The maximum absolute atomic E-state index is 11.7. The number of fused-ring (bicyclic) bond motifs is 1. The van der Waals surface area contributed by atoms with Crippen molar-refractivity contribution < 1.29 is 4.79 Å². The van der Waals surface area contributed by atoms with Crippen LogP contribution in [0.1, 0.15) is 45.9 Å². The summed E-state index contributed by atoms with van der Waals surface area (Å²) >= 11 is 0. The number of rotatable bonds is 2. The van der Waals surface area contributed by atoms with Crippen molar-refractivity contribution in [3.63, 3.8) is 0 Å². The Kier molecular flexibility index (Phi) is 2.10. The fourth-order valence-corrected chi connectivity index (χ4v) is 2.72. The molecule has 4 heteroatoms. The lowest BCUT2D eigenvalue weighted by molar-refractivity contribution is 0.0965. The number of carbonyl (C=O) groups is 1. The zero-order chi connectivity index (χ0) is 13.0. The molecule has 2 aromatic rings. The Bertz CT molecular complexity index is 683. The predicted octanol–water partition coefficient (Wildman–Crippen LogP) is 2.30. The number of imidazole rings is 1. The third-order valence-corrected chi connectivity index (χ3v) is 3.98. The molecule has 19 heavy (non-hydrogen) atoms. The van der Waals surface area contributed by atoms with Crippen molar-refractivity contribution in [1.29, 1.82) is 0 Å². The van der Waals surface area contributed by atoms with Crippen LogP contribution in [0, 0.1) is 6.92 Å². The largest absolute Gasteiger partial charge is 0.348 e. The van der Waals surface area contributed by atoms with Gasteiger partial charge in [-0.05, 0) is 37.0 Å². The van der Waals surface area contributed by atoms with Gasteiger partial charge >= 0.3 is 0 Å². The summed E-state index contributed by atoms with van der Waals surface area (Å²) < 4.78 is 2.04. The predicted molar refractivity (Wildman–Crippen MR) is 71.4 cm³/mol. The van der Waals surface area contributed by atoms with Crippen LogP contribution in [-0.4, -0.2) is 15.5 Å². The van der Waals surface area contributed by atoms with E-state index in [2.05, 4.69) is 29.5 Å². The van der Waals surface area contributed by atoms with Crippen LogP contribution in [-0.2, 0) is 6.54 Å². The molecule has 96 valence electrons. The van der Waals surface area contributed by atoms with Gasteiger partial charge in [-0.15, -0.1) is 0 Å². The summed E-state index contributed by atoms with van der Waals surface area (Å²) in [6.07, 6.45) is 6.46. The normalized spacial score (nSPS) is 17.4. The van der Waals surface area contributed by atoms with Crippen LogP contribution >= 0.6 is 0 Å². The highest BCUT2D eigenvalue weighted by molar-refractivity contribution is 5.99. The van der Waals surface area contributed by atoms with Crippen LogP contribution in [0.25, 0.3) is 5.69 Å². The third kappa shape index (κ3) is 1.67. The Morgan fingerprint density at radius 2 is 2.21 bits per heavy atom. The molecule has 0 saturated heterocycles. The van der Waals surface area contributed by atoms with E-state index in [9.17, 15) is 4.79 Å². The summed E-state index contributed by atoms with van der Waals surface area (Å²) in [6, 6.07) is 4.07. The lowest BCUT2D eigenvalue weighted by atomic mass is 10.0. The molecule has 0 spiro atoms. The van der Waals surface area contributed by atoms with Crippen molar-refractivity contribution in [2.24, 2.45) is 0 Å². The van der Waals surface area contributed by atoms with Crippen molar-refractivity contribution in [2.45, 2.75) is 32.2 Å². The second-order valence-electron chi connectivity index (χ2n) is 5.46. The number of carbonyl (C=O) groups excluding carboxylic acids is 1. The first kappa shape index (κ1) is 10.8. The molecular formula is C15H15N3O. The number of amides is 1. The molecule has 2 heterocycles. The molecule has 1 aromatic carbocycles. The van der Waals surface area contributed by atoms with Gasteiger partial charge in [-0.1, -0.05) is 6.07 Å². The Balaban J connectivity index is 1.81. The second kappa shape index (κ2) is 3.70. The Morgan fingerprint density at radius 1 is 1.37 bits per heavy atom. The molecule has 1 N–H and O–H groups in total.